The van der Waals surface area contributed by atoms with Crippen molar-refractivity contribution in [3.63, 3.8) is 0 Å². The Morgan fingerprint density at radius 2 is 1.91 bits per heavy atom. The van der Waals surface area contributed by atoms with Gasteiger partial charge in [-0.1, -0.05) is 30.3 Å². The van der Waals surface area contributed by atoms with Gasteiger partial charge in [-0.25, -0.2) is 4.68 Å². The quantitative estimate of drug-likeness (QED) is 0.875. The van der Waals surface area contributed by atoms with Crippen LogP contribution < -0.4 is 0 Å². The average molecular weight is 332 g/mol. The Bertz CT molecular complexity index is 699. The molecule has 0 bridgehead atoms. The normalized spacial score (nSPS) is 18.2. The summed E-state index contributed by atoms with van der Waals surface area (Å²) >= 11 is 5.54. The SMILES string of the molecule is CC(O)C1CCN(Cn2nc(-c3ccccc3)n(C)c2=S)CC1. The third-order valence-corrected chi connectivity index (χ3v) is 5.21. The summed E-state index contributed by atoms with van der Waals surface area (Å²) in [6, 6.07) is 10.1. The lowest BCUT2D eigenvalue weighted by molar-refractivity contribution is 0.0592. The minimum atomic E-state index is -0.209. The first-order valence-corrected chi connectivity index (χ1v) is 8.56. The molecule has 1 fully saturated rings. The van der Waals surface area contributed by atoms with Gasteiger partial charge in [0.05, 0.1) is 12.8 Å². The molecule has 6 heteroatoms. The van der Waals surface area contributed by atoms with E-state index < -0.39 is 0 Å². The summed E-state index contributed by atoms with van der Waals surface area (Å²) in [5.74, 6) is 1.32. The molecular formula is C17H24N4OS. The highest BCUT2D eigenvalue weighted by Crippen LogP contribution is 2.22. The minimum Gasteiger partial charge on any atom is -0.393 e. The summed E-state index contributed by atoms with van der Waals surface area (Å²) < 4.78 is 4.61. The Kier molecular flexibility index (Phi) is 4.94. The number of hydrogen-bond acceptors (Lipinski definition) is 4. The van der Waals surface area contributed by atoms with Crippen molar-refractivity contribution in [1.29, 1.82) is 0 Å². The molecule has 5 nitrogen and oxygen atoms in total. The van der Waals surface area contributed by atoms with Crippen molar-refractivity contribution < 1.29 is 5.11 Å². The molecule has 1 atom stereocenters. The second kappa shape index (κ2) is 6.95. The highest BCUT2D eigenvalue weighted by Gasteiger charge is 2.23. The molecule has 0 radical (unpaired) electrons. The van der Waals surface area contributed by atoms with E-state index >= 15 is 0 Å². The fraction of sp³-hybridized carbons (Fsp3) is 0.529. The van der Waals surface area contributed by atoms with E-state index in [1.165, 1.54) is 0 Å². The van der Waals surface area contributed by atoms with Crippen molar-refractivity contribution >= 4 is 12.2 Å². The maximum absolute atomic E-state index is 9.71. The van der Waals surface area contributed by atoms with Crippen LogP contribution in [0.15, 0.2) is 30.3 Å². The summed E-state index contributed by atoms with van der Waals surface area (Å²) in [5, 5.41) is 14.4. The smallest absolute Gasteiger partial charge is 0.199 e. The first-order valence-electron chi connectivity index (χ1n) is 8.16. The number of rotatable bonds is 4. The zero-order valence-corrected chi connectivity index (χ0v) is 14.5. The molecule has 1 N–H and O–H groups in total. The Hall–Kier alpha value is -1.50. The number of benzene rings is 1. The molecule has 2 heterocycles. The molecule has 23 heavy (non-hydrogen) atoms. The monoisotopic (exact) mass is 332 g/mol. The molecule has 0 aliphatic carbocycles. The topological polar surface area (TPSA) is 46.2 Å². The van der Waals surface area contributed by atoms with Gasteiger partial charge < -0.3 is 9.67 Å². The van der Waals surface area contributed by atoms with Crippen molar-refractivity contribution in [3.8, 4) is 11.4 Å². The van der Waals surface area contributed by atoms with Crippen molar-refractivity contribution in [1.82, 2.24) is 19.2 Å². The van der Waals surface area contributed by atoms with Crippen molar-refractivity contribution in [2.24, 2.45) is 13.0 Å². The van der Waals surface area contributed by atoms with Crippen LogP contribution >= 0.6 is 12.2 Å². The van der Waals surface area contributed by atoms with Crippen LogP contribution in [0, 0.1) is 10.7 Å². The lowest BCUT2D eigenvalue weighted by Gasteiger charge is -2.32. The number of piperidine rings is 1. The maximum Gasteiger partial charge on any atom is 0.199 e. The molecule has 1 aliphatic heterocycles. The van der Waals surface area contributed by atoms with Crippen LogP contribution in [0.1, 0.15) is 19.8 Å². The third kappa shape index (κ3) is 3.54. The van der Waals surface area contributed by atoms with Gasteiger partial charge in [-0.2, -0.15) is 5.10 Å². The number of aliphatic hydroxyl groups excluding tert-OH is 1. The summed E-state index contributed by atoms with van der Waals surface area (Å²) in [5.41, 5.74) is 1.08. The maximum atomic E-state index is 9.71. The van der Waals surface area contributed by atoms with Crippen LogP contribution in [0.2, 0.25) is 0 Å². The fourth-order valence-corrected chi connectivity index (χ4v) is 3.37. The standard InChI is InChI=1S/C17H24N4OS/c1-13(22)14-8-10-20(11-9-14)12-21-17(23)19(2)16(18-21)15-6-4-3-5-7-15/h3-7,13-14,22H,8-12H2,1-2H3. The number of likely N-dealkylation sites (tertiary alicyclic amines) is 1. The van der Waals surface area contributed by atoms with Gasteiger partial charge in [-0.05, 0) is 37.9 Å². The van der Waals surface area contributed by atoms with Crippen LogP contribution in [0.25, 0.3) is 11.4 Å². The lowest BCUT2D eigenvalue weighted by atomic mass is 9.92. The molecule has 0 amide bonds. The molecule has 2 aromatic rings. The van der Waals surface area contributed by atoms with Gasteiger partial charge in [0.1, 0.15) is 0 Å². The van der Waals surface area contributed by atoms with Crippen LogP contribution in [0.3, 0.4) is 0 Å². The lowest BCUT2D eigenvalue weighted by Crippen LogP contribution is -2.38. The highest BCUT2D eigenvalue weighted by atomic mass is 32.1. The van der Waals surface area contributed by atoms with E-state index in [0.29, 0.717) is 12.6 Å². The van der Waals surface area contributed by atoms with E-state index in [1.807, 2.05) is 41.4 Å². The Morgan fingerprint density at radius 3 is 2.52 bits per heavy atom. The summed E-state index contributed by atoms with van der Waals surface area (Å²) in [7, 11) is 1.97. The van der Waals surface area contributed by atoms with Crippen molar-refractivity contribution in [2.45, 2.75) is 32.5 Å². The average Bonchev–Trinajstić information content (AvgIpc) is 2.85. The van der Waals surface area contributed by atoms with E-state index in [0.717, 1.165) is 42.1 Å². The van der Waals surface area contributed by atoms with Crippen LogP contribution in [-0.4, -0.2) is 43.5 Å². The first kappa shape index (κ1) is 16.4. The zero-order valence-electron chi connectivity index (χ0n) is 13.7. The Morgan fingerprint density at radius 1 is 1.26 bits per heavy atom. The molecule has 0 spiro atoms. The molecule has 1 aromatic carbocycles. The minimum absolute atomic E-state index is 0.209. The number of hydrogen-bond donors (Lipinski definition) is 1. The third-order valence-electron chi connectivity index (χ3n) is 4.72. The van der Waals surface area contributed by atoms with Crippen LogP contribution in [0.5, 0.6) is 0 Å². The highest BCUT2D eigenvalue weighted by molar-refractivity contribution is 7.71. The van der Waals surface area contributed by atoms with Gasteiger partial charge in [0, 0.05) is 25.7 Å². The molecule has 124 valence electrons. The van der Waals surface area contributed by atoms with E-state index in [2.05, 4.69) is 17.0 Å². The number of nitrogens with zero attached hydrogens (tertiary/aromatic N) is 4. The molecule has 1 aromatic heterocycles. The predicted octanol–water partition coefficient (Wildman–Crippen LogP) is 2.67. The second-order valence-electron chi connectivity index (χ2n) is 6.37. The molecular weight excluding hydrogens is 308 g/mol. The second-order valence-corrected chi connectivity index (χ2v) is 6.73. The number of aromatic nitrogens is 3. The van der Waals surface area contributed by atoms with Crippen LogP contribution in [-0.2, 0) is 13.7 Å². The van der Waals surface area contributed by atoms with Gasteiger partial charge in [0.15, 0.2) is 10.6 Å². The summed E-state index contributed by atoms with van der Waals surface area (Å²) in [6.45, 7) is 4.57. The van der Waals surface area contributed by atoms with E-state index in [-0.39, 0.29) is 6.10 Å². The van der Waals surface area contributed by atoms with E-state index in [4.69, 9.17) is 17.3 Å². The Labute approximate surface area is 142 Å². The summed E-state index contributed by atoms with van der Waals surface area (Å²) in [4.78, 5) is 2.36. The summed E-state index contributed by atoms with van der Waals surface area (Å²) in [6.07, 6.45) is 1.85. The first-order chi connectivity index (χ1) is 11.1. The van der Waals surface area contributed by atoms with Gasteiger partial charge in [-0.15, -0.1) is 0 Å². The van der Waals surface area contributed by atoms with Crippen molar-refractivity contribution in [3.05, 3.63) is 35.1 Å². The largest absolute Gasteiger partial charge is 0.393 e. The van der Waals surface area contributed by atoms with Crippen LogP contribution in [0.4, 0.5) is 0 Å². The predicted molar refractivity (Wildman–Crippen MR) is 93.4 cm³/mol. The Balaban J connectivity index is 1.74. The molecule has 1 saturated heterocycles. The van der Waals surface area contributed by atoms with E-state index in [1.54, 1.807) is 0 Å². The molecule has 1 unspecified atom stereocenters. The van der Waals surface area contributed by atoms with Crippen molar-refractivity contribution in [2.75, 3.05) is 13.1 Å². The fourth-order valence-electron chi connectivity index (χ4n) is 3.18. The van der Waals surface area contributed by atoms with Gasteiger partial charge in [0.25, 0.3) is 0 Å². The molecule has 0 saturated carbocycles. The molecule has 1 aliphatic rings. The molecule has 3 rings (SSSR count). The van der Waals surface area contributed by atoms with Gasteiger partial charge in [0.2, 0.25) is 0 Å². The van der Waals surface area contributed by atoms with Gasteiger partial charge >= 0.3 is 0 Å². The zero-order chi connectivity index (χ0) is 16.4. The van der Waals surface area contributed by atoms with E-state index in [9.17, 15) is 5.11 Å². The van der Waals surface area contributed by atoms with Gasteiger partial charge in [-0.3, -0.25) is 4.90 Å². The number of aliphatic hydroxyl groups is 1.